The van der Waals surface area contributed by atoms with E-state index in [9.17, 15) is 5.11 Å². The molecule has 0 amide bonds. The SMILES string of the molecule is C[NH2+]CC(O)c1ccc2c(c1)CCCCC2.[Cl-]. The van der Waals surface area contributed by atoms with E-state index >= 15 is 0 Å². The van der Waals surface area contributed by atoms with Gasteiger partial charge in [0.25, 0.3) is 0 Å². The van der Waals surface area contributed by atoms with E-state index in [-0.39, 0.29) is 18.5 Å². The van der Waals surface area contributed by atoms with E-state index in [0.29, 0.717) is 0 Å². The fraction of sp³-hybridized carbons (Fsp3) is 0.571. The Labute approximate surface area is 110 Å². The highest BCUT2D eigenvalue weighted by Gasteiger charge is 2.13. The maximum atomic E-state index is 9.96. The standard InChI is InChI=1S/C14H21NO.ClH/c1-15-10-14(16)13-8-7-11-5-3-2-4-6-12(11)9-13;/h7-9,14-16H,2-6,10H2,1H3;1H. The molecule has 1 unspecified atom stereocenters. The third-order valence-corrected chi connectivity index (χ3v) is 3.47. The third kappa shape index (κ3) is 3.70. The van der Waals surface area contributed by atoms with Gasteiger partial charge in [-0.25, -0.2) is 0 Å². The predicted molar refractivity (Wildman–Crippen MR) is 65.4 cm³/mol. The number of rotatable bonds is 3. The van der Waals surface area contributed by atoms with Gasteiger partial charge in [-0.1, -0.05) is 24.6 Å². The lowest BCUT2D eigenvalue weighted by Gasteiger charge is -2.12. The van der Waals surface area contributed by atoms with Crippen molar-refractivity contribution >= 4 is 0 Å². The van der Waals surface area contributed by atoms with E-state index < -0.39 is 0 Å². The van der Waals surface area contributed by atoms with Gasteiger partial charge in [-0.15, -0.1) is 0 Å². The van der Waals surface area contributed by atoms with Gasteiger partial charge in [0, 0.05) is 0 Å². The van der Waals surface area contributed by atoms with Crippen LogP contribution in [0.3, 0.4) is 0 Å². The summed E-state index contributed by atoms with van der Waals surface area (Å²) in [7, 11) is 1.99. The van der Waals surface area contributed by atoms with Crippen molar-refractivity contribution in [2.75, 3.05) is 13.6 Å². The summed E-state index contributed by atoms with van der Waals surface area (Å²) in [5.74, 6) is 0. The lowest BCUT2D eigenvalue weighted by atomic mass is 9.98. The highest BCUT2D eigenvalue weighted by atomic mass is 35.5. The molecule has 0 spiro atoms. The van der Waals surface area contributed by atoms with E-state index in [0.717, 1.165) is 12.1 Å². The molecule has 1 aromatic carbocycles. The van der Waals surface area contributed by atoms with Crippen LogP contribution in [0.15, 0.2) is 18.2 Å². The lowest BCUT2D eigenvalue weighted by Crippen LogP contribution is -3.00. The van der Waals surface area contributed by atoms with Gasteiger partial charge >= 0.3 is 0 Å². The second-order valence-electron chi connectivity index (χ2n) is 4.75. The molecule has 0 bridgehead atoms. The van der Waals surface area contributed by atoms with Crippen LogP contribution in [0.4, 0.5) is 0 Å². The summed E-state index contributed by atoms with van der Waals surface area (Å²) in [5.41, 5.74) is 4.04. The van der Waals surface area contributed by atoms with E-state index in [2.05, 4.69) is 18.2 Å². The summed E-state index contributed by atoms with van der Waals surface area (Å²) in [6.45, 7) is 0.749. The first-order chi connectivity index (χ1) is 7.81. The minimum absolute atomic E-state index is 0. The number of aliphatic hydroxyl groups excluding tert-OH is 1. The predicted octanol–water partition coefficient (Wildman–Crippen LogP) is -1.81. The molecule has 2 nitrogen and oxygen atoms in total. The second kappa shape index (κ2) is 7.00. The summed E-state index contributed by atoms with van der Waals surface area (Å²) in [6.07, 6.45) is 6.04. The van der Waals surface area contributed by atoms with E-state index in [1.807, 2.05) is 12.4 Å². The zero-order valence-electron chi connectivity index (χ0n) is 10.5. The van der Waals surface area contributed by atoms with Gasteiger partial charge in [0.1, 0.15) is 12.6 Å². The number of fused-ring (bicyclic) bond motifs is 1. The largest absolute Gasteiger partial charge is 1.00 e. The summed E-state index contributed by atoms with van der Waals surface area (Å²) >= 11 is 0. The van der Waals surface area contributed by atoms with Crippen molar-refractivity contribution < 1.29 is 22.8 Å². The van der Waals surface area contributed by atoms with Gasteiger partial charge in [-0.2, -0.15) is 0 Å². The highest BCUT2D eigenvalue weighted by molar-refractivity contribution is 5.34. The van der Waals surface area contributed by atoms with E-state index in [4.69, 9.17) is 0 Å². The van der Waals surface area contributed by atoms with Gasteiger partial charge in [-0.3, -0.25) is 0 Å². The Morgan fingerprint density at radius 3 is 2.59 bits per heavy atom. The zero-order chi connectivity index (χ0) is 11.4. The Morgan fingerprint density at radius 1 is 1.18 bits per heavy atom. The van der Waals surface area contributed by atoms with Crippen molar-refractivity contribution in [3.8, 4) is 0 Å². The average Bonchev–Trinajstić information content (AvgIpc) is 2.53. The molecule has 0 aromatic heterocycles. The fourth-order valence-corrected chi connectivity index (χ4v) is 2.50. The van der Waals surface area contributed by atoms with Crippen LogP contribution >= 0.6 is 0 Å². The van der Waals surface area contributed by atoms with Crippen molar-refractivity contribution in [1.82, 2.24) is 0 Å². The Kier molecular flexibility index (Phi) is 5.96. The molecule has 3 heteroatoms. The molecule has 1 aromatic rings. The van der Waals surface area contributed by atoms with Crippen molar-refractivity contribution in [2.24, 2.45) is 0 Å². The summed E-state index contributed by atoms with van der Waals surface area (Å²) in [5, 5.41) is 12.0. The van der Waals surface area contributed by atoms with Crippen molar-refractivity contribution in [3.63, 3.8) is 0 Å². The van der Waals surface area contributed by atoms with Crippen LogP contribution in [0.5, 0.6) is 0 Å². The first-order valence-electron chi connectivity index (χ1n) is 6.39. The minimum atomic E-state index is -0.321. The monoisotopic (exact) mass is 255 g/mol. The molecule has 0 saturated heterocycles. The van der Waals surface area contributed by atoms with Crippen LogP contribution in [0, 0.1) is 0 Å². The molecule has 2 rings (SSSR count). The number of halogens is 1. The fourth-order valence-electron chi connectivity index (χ4n) is 2.50. The number of nitrogens with two attached hydrogens (primary N) is 1. The maximum Gasteiger partial charge on any atom is 0.128 e. The van der Waals surface area contributed by atoms with Crippen LogP contribution in [0.25, 0.3) is 0 Å². The molecule has 1 aliphatic carbocycles. The smallest absolute Gasteiger partial charge is 0.128 e. The average molecular weight is 256 g/mol. The third-order valence-electron chi connectivity index (χ3n) is 3.47. The molecule has 96 valence electrons. The number of aryl methyl sites for hydroxylation is 2. The molecule has 0 aliphatic heterocycles. The molecular formula is C14H22ClNO. The quantitative estimate of drug-likeness (QED) is 0.614. The molecule has 3 N–H and O–H groups in total. The first-order valence-corrected chi connectivity index (χ1v) is 6.39. The number of aliphatic hydroxyl groups is 1. The van der Waals surface area contributed by atoms with Gasteiger partial charge in [-0.05, 0) is 42.4 Å². The summed E-state index contributed by atoms with van der Waals surface area (Å²) in [4.78, 5) is 0. The van der Waals surface area contributed by atoms with Crippen molar-refractivity contribution in [3.05, 3.63) is 34.9 Å². The molecular weight excluding hydrogens is 234 g/mol. The number of likely N-dealkylation sites (N-methyl/N-ethyl adjacent to an activating group) is 1. The number of benzene rings is 1. The second-order valence-corrected chi connectivity index (χ2v) is 4.75. The molecule has 0 saturated carbocycles. The van der Waals surface area contributed by atoms with E-state index in [1.165, 1.54) is 43.2 Å². The van der Waals surface area contributed by atoms with Gasteiger partial charge in [0.15, 0.2) is 0 Å². The topological polar surface area (TPSA) is 36.8 Å². The van der Waals surface area contributed by atoms with Crippen LogP contribution in [-0.2, 0) is 12.8 Å². The minimum Gasteiger partial charge on any atom is -1.00 e. The Bertz CT molecular complexity index is 354. The van der Waals surface area contributed by atoms with Crippen LogP contribution in [0.1, 0.15) is 42.1 Å². The molecule has 0 radical (unpaired) electrons. The number of quaternary nitrogens is 1. The van der Waals surface area contributed by atoms with Gasteiger partial charge < -0.3 is 22.8 Å². The molecule has 1 atom stereocenters. The Hall–Kier alpha value is -0.570. The zero-order valence-corrected chi connectivity index (χ0v) is 11.2. The molecule has 1 aliphatic rings. The van der Waals surface area contributed by atoms with Crippen molar-refractivity contribution in [2.45, 2.75) is 38.2 Å². The van der Waals surface area contributed by atoms with Gasteiger partial charge in [0.2, 0.25) is 0 Å². The van der Waals surface area contributed by atoms with E-state index in [1.54, 1.807) is 0 Å². The Morgan fingerprint density at radius 2 is 1.88 bits per heavy atom. The highest BCUT2D eigenvalue weighted by Crippen LogP contribution is 2.23. The summed E-state index contributed by atoms with van der Waals surface area (Å²) in [6, 6.07) is 6.53. The van der Waals surface area contributed by atoms with Crippen molar-refractivity contribution in [1.29, 1.82) is 0 Å². The first kappa shape index (κ1) is 14.5. The normalized spacial score (nSPS) is 16.6. The Balaban J connectivity index is 0.00000144. The number of hydrogen-bond donors (Lipinski definition) is 2. The van der Waals surface area contributed by atoms with Gasteiger partial charge in [0.05, 0.1) is 7.05 Å². The van der Waals surface area contributed by atoms with Crippen LogP contribution in [0.2, 0.25) is 0 Å². The molecule has 17 heavy (non-hydrogen) atoms. The van der Waals surface area contributed by atoms with Crippen LogP contribution < -0.4 is 17.7 Å². The number of hydrogen-bond acceptors (Lipinski definition) is 1. The maximum absolute atomic E-state index is 9.96. The molecule has 0 fully saturated rings. The van der Waals surface area contributed by atoms with Crippen LogP contribution in [-0.4, -0.2) is 18.7 Å². The lowest BCUT2D eigenvalue weighted by molar-refractivity contribution is -0.634. The summed E-state index contributed by atoms with van der Waals surface area (Å²) < 4.78 is 0. The molecule has 0 heterocycles.